The van der Waals surface area contributed by atoms with Gasteiger partial charge in [0.15, 0.2) is 0 Å². The third kappa shape index (κ3) is 2.78. The predicted molar refractivity (Wildman–Crippen MR) is 76.5 cm³/mol. The molecule has 1 aromatic rings. The molecule has 2 aliphatic rings. The number of hydrogen-bond donors (Lipinski definition) is 1. The first-order valence-corrected chi connectivity index (χ1v) is 7.64. The molecular weight excluding hydrogens is 238 g/mol. The van der Waals surface area contributed by atoms with Gasteiger partial charge in [0.25, 0.3) is 0 Å². The fourth-order valence-electron chi connectivity index (χ4n) is 3.35. The smallest absolute Gasteiger partial charge is 0.203 e. The van der Waals surface area contributed by atoms with E-state index in [2.05, 4.69) is 34.9 Å². The summed E-state index contributed by atoms with van der Waals surface area (Å²) in [4.78, 5) is 4.68. The van der Waals surface area contributed by atoms with E-state index in [1.807, 2.05) is 0 Å². The minimum absolute atomic E-state index is 0.465. The summed E-state index contributed by atoms with van der Waals surface area (Å²) in [6.07, 6.45) is 8.62. The molecule has 1 aliphatic heterocycles. The molecule has 1 saturated heterocycles. The highest BCUT2D eigenvalue weighted by molar-refractivity contribution is 5.31. The van der Waals surface area contributed by atoms with Gasteiger partial charge in [0.2, 0.25) is 5.95 Å². The van der Waals surface area contributed by atoms with Crippen molar-refractivity contribution in [1.82, 2.24) is 9.55 Å². The Bertz CT molecular complexity index is 417. The molecule has 4 nitrogen and oxygen atoms in total. The van der Waals surface area contributed by atoms with Crippen molar-refractivity contribution in [3.05, 3.63) is 11.9 Å². The Morgan fingerprint density at radius 1 is 1.37 bits per heavy atom. The maximum absolute atomic E-state index is 5.53. The summed E-state index contributed by atoms with van der Waals surface area (Å²) in [5.41, 5.74) is 1.10. The van der Waals surface area contributed by atoms with Crippen molar-refractivity contribution in [2.75, 3.05) is 18.5 Å². The molecule has 0 spiro atoms. The molecule has 2 atom stereocenters. The van der Waals surface area contributed by atoms with Crippen LogP contribution in [0.2, 0.25) is 0 Å². The van der Waals surface area contributed by atoms with E-state index < -0.39 is 0 Å². The quantitative estimate of drug-likeness (QED) is 0.907. The third-order valence-electron chi connectivity index (χ3n) is 4.63. The first kappa shape index (κ1) is 13.0. The molecule has 0 aromatic carbocycles. The monoisotopic (exact) mass is 263 g/mol. The summed E-state index contributed by atoms with van der Waals surface area (Å²) in [7, 11) is 0. The molecule has 2 heterocycles. The first-order chi connectivity index (χ1) is 9.24. The van der Waals surface area contributed by atoms with E-state index in [9.17, 15) is 0 Å². The lowest BCUT2D eigenvalue weighted by Crippen LogP contribution is -2.22. The molecule has 3 rings (SSSR count). The summed E-state index contributed by atoms with van der Waals surface area (Å²) in [5, 5.41) is 3.65. The number of anilines is 1. The van der Waals surface area contributed by atoms with Crippen LogP contribution in [0.1, 0.15) is 50.8 Å². The summed E-state index contributed by atoms with van der Waals surface area (Å²) in [5.74, 6) is 1.68. The standard InChI is InChI=1S/C15H25N3O/c1-11-9-18(12(2)13-7-8-19-10-13)15(16-11)17-14-5-3-4-6-14/h9,12-14H,3-8,10H2,1-2H3,(H,16,17). The molecule has 106 valence electrons. The topological polar surface area (TPSA) is 39.1 Å². The lowest BCUT2D eigenvalue weighted by Gasteiger charge is -2.23. The highest BCUT2D eigenvalue weighted by atomic mass is 16.5. The van der Waals surface area contributed by atoms with Crippen LogP contribution >= 0.6 is 0 Å². The largest absolute Gasteiger partial charge is 0.381 e. The number of ether oxygens (including phenoxy) is 1. The van der Waals surface area contributed by atoms with Gasteiger partial charge in [0, 0.05) is 30.8 Å². The van der Waals surface area contributed by atoms with Gasteiger partial charge >= 0.3 is 0 Å². The number of aryl methyl sites for hydroxylation is 1. The van der Waals surface area contributed by atoms with E-state index in [1.165, 1.54) is 32.1 Å². The second-order valence-electron chi connectivity index (χ2n) is 6.10. The molecule has 2 fully saturated rings. The number of imidazole rings is 1. The van der Waals surface area contributed by atoms with Gasteiger partial charge in [-0.15, -0.1) is 0 Å². The normalized spacial score (nSPS) is 25.9. The van der Waals surface area contributed by atoms with E-state index in [0.29, 0.717) is 18.0 Å². The van der Waals surface area contributed by atoms with Crippen LogP contribution in [0.3, 0.4) is 0 Å². The van der Waals surface area contributed by atoms with Crippen molar-refractivity contribution in [2.24, 2.45) is 5.92 Å². The molecule has 1 saturated carbocycles. The number of hydrogen-bond acceptors (Lipinski definition) is 3. The van der Waals surface area contributed by atoms with Crippen LogP contribution in [0.15, 0.2) is 6.20 Å². The fraction of sp³-hybridized carbons (Fsp3) is 0.800. The zero-order chi connectivity index (χ0) is 13.2. The highest BCUT2D eigenvalue weighted by Crippen LogP contribution is 2.30. The minimum Gasteiger partial charge on any atom is -0.381 e. The average Bonchev–Trinajstić information content (AvgIpc) is 3.10. The van der Waals surface area contributed by atoms with Crippen molar-refractivity contribution in [3.8, 4) is 0 Å². The fourth-order valence-corrected chi connectivity index (χ4v) is 3.35. The molecule has 19 heavy (non-hydrogen) atoms. The van der Waals surface area contributed by atoms with Crippen LogP contribution < -0.4 is 5.32 Å². The van der Waals surface area contributed by atoms with Crippen molar-refractivity contribution in [3.63, 3.8) is 0 Å². The molecular formula is C15H25N3O. The Morgan fingerprint density at radius 3 is 2.84 bits per heavy atom. The molecule has 0 amide bonds. The van der Waals surface area contributed by atoms with Gasteiger partial charge in [-0.2, -0.15) is 0 Å². The Labute approximate surface area is 115 Å². The molecule has 1 aromatic heterocycles. The van der Waals surface area contributed by atoms with Crippen molar-refractivity contribution < 1.29 is 4.74 Å². The molecule has 1 aliphatic carbocycles. The van der Waals surface area contributed by atoms with E-state index in [1.54, 1.807) is 0 Å². The zero-order valence-corrected chi connectivity index (χ0v) is 12.1. The van der Waals surface area contributed by atoms with Crippen LogP contribution in [0.25, 0.3) is 0 Å². The Kier molecular flexibility index (Phi) is 3.78. The van der Waals surface area contributed by atoms with Crippen LogP contribution in [0, 0.1) is 12.8 Å². The maximum Gasteiger partial charge on any atom is 0.203 e. The van der Waals surface area contributed by atoms with E-state index in [-0.39, 0.29) is 0 Å². The summed E-state index contributed by atoms with van der Waals surface area (Å²) < 4.78 is 7.85. The summed E-state index contributed by atoms with van der Waals surface area (Å²) >= 11 is 0. The SMILES string of the molecule is Cc1cn(C(C)C2CCOC2)c(NC2CCCC2)n1. The lowest BCUT2D eigenvalue weighted by molar-refractivity contribution is 0.175. The molecule has 0 bridgehead atoms. The van der Waals surface area contributed by atoms with E-state index in [0.717, 1.165) is 24.9 Å². The Morgan fingerprint density at radius 2 is 2.16 bits per heavy atom. The average molecular weight is 263 g/mol. The maximum atomic E-state index is 5.53. The summed E-state index contributed by atoms with van der Waals surface area (Å²) in [6, 6.07) is 1.08. The number of nitrogens with zero attached hydrogens (tertiary/aromatic N) is 2. The van der Waals surface area contributed by atoms with Gasteiger partial charge in [0.05, 0.1) is 12.3 Å². The van der Waals surface area contributed by atoms with E-state index in [4.69, 9.17) is 4.74 Å². The second kappa shape index (κ2) is 5.53. The zero-order valence-electron chi connectivity index (χ0n) is 12.1. The van der Waals surface area contributed by atoms with Gasteiger partial charge in [-0.25, -0.2) is 4.98 Å². The van der Waals surface area contributed by atoms with Crippen LogP contribution in [-0.4, -0.2) is 28.8 Å². The highest BCUT2D eigenvalue weighted by Gasteiger charge is 2.26. The van der Waals surface area contributed by atoms with Gasteiger partial charge in [0.1, 0.15) is 0 Å². The van der Waals surface area contributed by atoms with Crippen molar-refractivity contribution in [1.29, 1.82) is 0 Å². The third-order valence-corrected chi connectivity index (χ3v) is 4.63. The van der Waals surface area contributed by atoms with Crippen molar-refractivity contribution >= 4 is 5.95 Å². The molecule has 0 radical (unpaired) electrons. The van der Waals surface area contributed by atoms with Crippen LogP contribution in [0.4, 0.5) is 5.95 Å². The second-order valence-corrected chi connectivity index (χ2v) is 6.10. The lowest BCUT2D eigenvalue weighted by atomic mass is 10.0. The van der Waals surface area contributed by atoms with Gasteiger partial charge in [-0.1, -0.05) is 12.8 Å². The molecule has 1 N–H and O–H groups in total. The van der Waals surface area contributed by atoms with Gasteiger partial charge < -0.3 is 14.6 Å². The van der Waals surface area contributed by atoms with Gasteiger partial charge in [-0.3, -0.25) is 0 Å². The van der Waals surface area contributed by atoms with Gasteiger partial charge in [-0.05, 0) is 33.1 Å². The van der Waals surface area contributed by atoms with Crippen LogP contribution in [-0.2, 0) is 4.74 Å². The number of aromatic nitrogens is 2. The Hall–Kier alpha value is -1.03. The molecule has 2 unspecified atom stereocenters. The number of nitrogens with one attached hydrogen (secondary N) is 1. The Balaban J connectivity index is 1.75. The molecule has 4 heteroatoms. The van der Waals surface area contributed by atoms with Crippen molar-refractivity contribution in [2.45, 2.75) is 58.0 Å². The number of rotatable bonds is 4. The minimum atomic E-state index is 0.465. The summed E-state index contributed by atoms with van der Waals surface area (Å²) in [6.45, 7) is 6.17. The van der Waals surface area contributed by atoms with E-state index >= 15 is 0 Å². The van der Waals surface area contributed by atoms with Crippen LogP contribution in [0.5, 0.6) is 0 Å². The predicted octanol–water partition coefficient (Wildman–Crippen LogP) is 3.14. The first-order valence-electron chi connectivity index (χ1n) is 7.64.